The SMILES string of the molecule is c1cc(Nc2cc3c(C4COCCN4)ccc(N4CCC4)c3cn2)ncn1. The molecule has 4 heterocycles. The molecule has 7 heteroatoms. The lowest BCUT2D eigenvalue weighted by atomic mass is 9.97. The summed E-state index contributed by atoms with van der Waals surface area (Å²) >= 11 is 0. The minimum atomic E-state index is 0.195. The number of pyridine rings is 1. The summed E-state index contributed by atoms with van der Waals surface area (Å²) in [6.45, 7) is 4.55. The van der Waals surface area contributed by atoms with Crippen molar-refractivity contribution in [1.29, 1.82) is 0 Å². The van der Waals surface area contributed by atoms with Crippen LogP contribution in [-0.2, 0) is 4.74 Å². The number of aromatic nitrogens is 3. The lowest BCUT2D eigenvalue weighted by Crippen LogP contribution is -2.37. The van der Waals surface area contributed by atoms with E-state index in [0.717, 1.165) is 37.9 Å². The van der Waals surface area contributed by atoms with Gasteiger partial charge in [0.05, 0.1) is 19.3 Å². The van der Waals surface area contributed by atoms with Crippen molar-refractivity contribution < 1.29 is 4.74 Å². The van der Waals surface area contributed by atoms with Gasteiger partial charge in [-0.2, -0.15) is 0 Å². The van der Waals surface area contributed by atoms with Gasteiger partial charge in [0.15, 0.2) is 0 Å². The monoisotopic (exact) mass is 362 g/mol. The minimum Gasteiger partial charge on any atom is -0.378 e. The Morgan fingerprint density at radius 1 is 1.11 bits per heavy atom. The molecule has 138 valence electrons. The van der Waals surface area contributed by atoms with Crippen molar-refractivity contribution in [3.05, 3.63) is 48.5 Å². The molecule has 2 aliphatic rings. The number of benzene rings is 1. The lowest BCUT2D eigenvalue weighted by Gasteiger charge is -2.35. The fourth-order valence-electron chi connectivity index (χ4n) is 3.71. The van der Waals surface area contributed by atoms with E-state index in [1.807, 2.05) is 12.3 Å². The second-order valence-electron chi connectivity index (χ2n) is 6.93. The molecule has 0 bridgehead atoms. The Balaban J connectivity index is 1.58. The molecule has 1 atom stereocenters. The molecular formula is C20H22N6O. The van der Waals surface area contributed by atoms with Gasteiger partial charge in [-0.3, -0.25) is 0 Å². The van der Waals surface area contributed by atoms with Gasteiger partial charge in [0.1, 0.15) is 18.0 Å². The van der Waals surface area contributed by atoms with Crippen molar-refractivity contribution in [1.82, 2.24) is 20.3 Å². The molecular weight excluding hydrogens is 340 g/mol. The summed E-state index contributed by atoms with van der Waals surface area (Å²) in [4.78, 5) is 15.2. The number of fused-ring (bicyclic) bond motifs is 1. The number of morpholine rings is 1. The van der Waals surface area contributed by atoms with Gasteiger partial charge in [0, 0.05) is 43.1 Å². The fraction of sp³-hybridized carbons (Fsp3) is 0.350. The fourth-order valence-corrected chi connectivity index (χ4v) is 3.71. The minimum absolute atomic E-state index is 0.195. The van der Waals surface area contributed by atoms with Crippen molar-refractivity contribution in [3.8, 4) is 0 Å². The third-order valence-corrected chi connectivity index (χ3v) is 5.24. The van der Waals surface area contributed by atoms with Gasteiger partial charge in [-0.15, -0.1) is 0 Å². The summed E-state index contributed by atoms with van der Waals surface area (Å²) in [5.74, 6) is 1.51. The number of hydrogen-bond acceptors (Lipinski definition) is 7. The Morgan fingerprint density at radius 2 is 2.07 bits per heavy atom. The quantitative estimate of drug-likeness (QED) is 0.739. The summed E-state index contributed by atoms with van der Waals surface area (Å²) < 4.78 is 5.70. The first-order valence-electron chi connectivity index (χ1n) is 9.40. The van der Waals surface area contributed by atoms with Crippen molar-refractivity contribution in [2.45, 2.75) is 12.5 Å². The number of ether oxygens (including phenoxy) is 1. The van der Waals surface area contributed by atoms with Crippen LogP contribution in [0.1, 0.15) is 18.0 Å². The van der Waals surface area contributed by atoms with Crippen LogP contribution < -0.4 is 15.5 Å². The molecule has 2 N–H and O–H groups in total. The zero-order valence-electron chi connectivity index (χ0n) is 15.1. The highest BCUT2D eigenvalue weighted by Gasteiger charge is 2.22. The smallest absolute Gasteiger partial charge is 0.134 e. The van der Waals surface area contributed by atoms with Crippen LogP contribution in [0.4, 0.5) is 17.3 Å². The number of hydrogen-bond donors (Lipinski definition) is 2. The van der Waals surface area contributed by atoms with Gasteiger partial charge in [-0.25, -0.2) is 15.0 Å². The molecule has 5 rings (SSSR count). The standard InChI is InChI=1S/C20H22N6O/c1-7-26(8-1)18-3-2-14(17-12-27-9-6-22-17)15-10-20(23-11-16(15)18)25-19-4-5-21-13-24-19/h2-5,10-11,13,17,22H,1,6-9,12H2,(H,21,23,24,25). The average molecular weight is 362 g/mol. The summed E-state index contributed by atoms with van der Waals surface area (Å²) in [7, 11) is 0. The van der Waals surface area contributed by atoms with Crippen LogP contribution in [-0.4, -0.2) is 47.8 Å². The van der Waals surface area contributed by atoms with E-state index in [4.69, 9.17) is 4.74 Å². The van der Waals surface area contributed by atoms with Crippen molar-refractivity contribution >= 4 is 28.1 Å². The van der Waals surface area contributed by atoms with Crippen LogP contribution in [0.3, 0.4) is 0 Å². The molecule has 0 aliphatic carbocycles. The molecule has 2 saturated heterocycles. The molecule has 0 amide bonds. The van der Waals surface area contributed by atoms with E-state index in [0.29, 0.717) is 6.61 Å². The molecule has 3 aromatic rings. The van der Waals surface area contributed by atoms with E-state index in [1.165, 1.54) is 34.8 Å². The topological polar surface area (TPSA) is 75.2 Å². The van der Waals surface area contributed by atoms with Crippen molar-refractivity contribution in [2.24, 2.45) is 0 Å². The zero-order chi connectivity index (χ0) is 18.1. The third kappa shape index (κ3) is 3.20. The van der Waals surface area contributed by atoms with Gasteiger partial charge < -0.3 is 20.3 Å². The van der Waals surface area contributed by atoms with Crippen molar-refractivity contribution in [3.63, 3.8) is 0 Å². The molecule has 1 unspecified atom stereocenters. The highest BCUT2D eigenvalue weighted by molar-refractivity contribution is 5.98. The van der Waals surface area contributed by atoms with Crippen molar-refractivity contribution in [2.75, 3.05) is 43.1 Å². The first kappa shape index (κ1) is 16.4. The molecule has 1 aromatic carbocycles. The molecule has 27 heavy (non-hydrogen) atoms. The molecule has 7 nitrogen and oxygen atoms in total. The van der Waals surface area contributed by atoms with E-state index in [9.17, 15) is 0 Å². The molecule has 0 saturated carbocycles. The van der Waals surface area contributed by atoms with Crippen LogP contribution in [0.25, 0.3) is 10.8 Å². The lowest BCUT2D eigenvalue weighted by molar-refractivity contribution is 0.0773. The van der Waals surface area contributed by atoms with Crippen LogP contribution >= 0.6 is 0 Å². The first-order chi connectivity index (χ1) is 13.4. The number of rotatable bonds is 4. The van der Waals surface area contributed by atoms with Crippen LogP contribution in [0.15, 0.2) is 43.0 Å². The summed E-state index contributed by atoms with van der Waals surface area (Å²) in [6, 6.07) is 8.61. The highest BCUT2D eigenvalue weighted by Crippen LogP contribution is 2.35. The predicted molar refractivity (Wildman–Crippen MR) is 105 cm³/mol. The van der Waals surface area contributed by atoms with Gasteiger partial charge >= 0.3 is 0 Å². The Morgan fingerprint density at radius 3 is 2.81 bits per heavy atom. The van der Waals surface area contributed by atoms with Crippen LogP contribution in [0, 0.1) is 0 Å². The number of nitrogens with zero attached hydrogens (tertiary/aromatic N) is 4. The second kappa shape index (κ2) is 7.09. The Bertz CT molecular complexity index is 938. The third-order valence-electron chi connectivity index (χ3n) is 5.24. The Labute approximate surface area is 157 Å². The van der Waals surface area contributed by atoms with Gasteiger partial charge in [-0.05, 0) is 35.6 Å². The number of anilines is 3. The summed E-state index contributed by atoms with van der Waals surface area (Å²) in [5, 5.41) is 9.24. The van der Waals surface area contributed by atoms with Crippen LogP contribution in [0.2, 0.25) is 0 Å². The van der Waals surface area contributed by atoms with E-state index in [2.05, 4.69) is 48.7 Å². The van der Waals surface area contributed by atoms with E-state index < -0.39 is 0 Å². The largest absolute Gasteiger partial charge is 0.378 e. The Hall–Kier alpha value is -2.77. The maximum atomic E-state index is 5.70. The molecule has 2 aliphatic heterocycles. The highest BCUT2D eigenvalue weighted by atomic mass is 16.5. The maximum absolute atomic E-state index is 5.70. The molecule has 2 aromatic heterocycles. The average Bonchev–Trinajstić information content (AvgIpc) is 2.68. The first-order valence-corrected chi connectivity index (χ1v) is 9.40. The zero-order valence-corrected chi connectivity index (χ0v) is 15.1. The Kier molecular flexibility index (Phi) is 4.31. The van der Waals surface area contributed by atoms with E-state index >= 15 is 0 Å². The summed E-state index contributed by atoms with van der Waals surface area (Å²) in [5.41, 5.74) is 2.51. The van der Waals surface area contributed by atoms with Gasteiger partial charge in [-0.1, -0.05) is 6.07 Å². The normalized spacial score (nSPS) is 19.7. The molecule has 2 fully saturated rings. The predicted octanol–water partition coefficient (Wildman–Crippen LogP) is 2.64. The van der Waals surface area contributed by atoms with E-state index in [1.54, 1.807) is 6.20 Å². The van der Waals surface area contributed by atoms with Crippen LogP contribution in [0.5, 0.6) is 0 Å². The number of nitrogens with one attached hydrogen (secondary N) is 2. The molecule has 0 radical (unpaired) electrons. The second-order valence-corrected chi connectivity index (χ2v) is 6.93. The molecule has 0 spiro atoms. The van der Waals surface area contributed by atoms with Gasteiger partial charge in [0.2, 0.25) is 0 Å². The van der Waals surface area contributed by atoms with Gasteiger partial charge in [0.25, 0.3) is 0 Å². The van der Waals surface area contributed by atoms with E-state index in [-0.39, 0.29) is 6.04 Å². The summed E-state index contributed by atoms with van der Waals surface area (Å²) in [6.07, 6.45) is 6.47. The maximum Gasteiger partial charge on any atom is 0.134 e.